The van der Waals surface area contributed by atoms with Gasteiger partial charge in [0.05, 0.1) is 0 Å². The molecule has 0 spiro atoms. The van der Waals surface area contributed by atoms with Gasteiger partial charge in [0.25, 0.3) is 0 Å². The Morgan fingerprint density at radius 2 is 1.76 bits per heavy atom. The van der Waals surface area contributed by atoms with Crippen LogP contribution in [0.1, 0.15) is 40.2 Å². The lowest BCUT2D eigenvalue weighted by molar-refractivity contribution is 0.589. The second-order valence-corrected chi connectivity index (χ2v) is 6.07. The molecule has 2 aromatic rings. The van der Waals surface area contributed by atoms with Gasteiger partial charge in [0, 0.05) is 36.8 Å². The van der Waals surface area contributed by atoms with E-state index in [4.69, 9.17) is 4.98 Å². The summed E-state index contributed by atoms with van der Waals surface area (Å²) in [5, 5.41) is 6.03. The molecule has 0 saturated heterocycles. The maximum absolute atomic E-state index is 4.76. The van der Waals surface area contributed by atoms with Crippen LogP contribution in [-0.4, -0.2) is 23.6 Å². The van der Waals surface area contributed by atoms with E-state index in [-0.39, 0.29) is 0 Å². The van der Waals surface area contributed by atoms with Crippen LogP contribution in [0.15, 0.2) is 30.5 Å². The molecule has 2 rings (SSSR count). The van der Waals surface area contributed by atoms with Crippen molar-refractivity contribution in [1.29, 1.82) is 0 Å². The van der Waals surface area contributed by atoms with Crippen LogP contribution in [0.3, 0.4) is 0 Å². The van der Waals surface area contributed by atoms with E-state index < -0.39 is 0 Å². The minimum absolute atomic E-state index is 0.450. The Balaban J connectivity index is 2.48. The van der Waals surface area contributed by atoms with Crippen LogP contribution < -0.4 is 10.2 Å². The average molecular weight is 285 g/mol. The van der Waals surface area contributed by atoms with E-state index in [0.29, 0.717) is 12.1 Å². The number of nitrogens with one attached hydrogen (secondary N) is 1. The van der Waals surface area contributed by atoms with Crippen LogP contribution in [-0.2, 0) is 6.54 Å². The van der Waals surface area contributed by atoms with Crippen LogP contribution in [0.5, 0.6) is 0 Å². The maximum Gasteiger partial charge on any atom is 0.136 e. The van der Waals surface area contributed by atoms with Crippen LogP contribution in [0.2, 0.25) is 0 Å². The molecule has 0 saturated carbocycles. The predicted molar refractivity (Wildman–Crippen MR) is 91.9 cm³/mol. The Labute approximate surface area is 128 Å². The van der Waals surface area contributed by atoms with Gasteiger partial charge < -0.3 is 10.2 Å². The number of fused-ring (bicyclic) bond motifs is 1. The highest BCUT2D eigenvalue weighted by Gasteiger charge is 2.14. The number of nitrogens with zero attached hydrogens (tertiary/aromatic N) is 2. The molecule has 0 aliphatic heterocycles. The van der Waals surface area contributed by atoms with E-state index in [1.165, 1.54) is 16.3 Å². The molecule has 21 heavy (non-hydrogen) atoms. The van der Waals surface area contributed by atoms with Crippen molar-refractivity contribution in [2.45, 2.75) is 53.2 Å². The zero-order valence-electron chi connectivity index (χ0n) is 13.9. The molecule has 1 N–H and O–H groups in total. The Kier molecular flexibility index (Phi) is 5.18. The Morgan fingerprint density at radius 1 is 1.10 bits per heavy atom. The van der Waals surface area contributed by atoms with Gasteiger partial charge in [-0.05, 0) is 31.7 Å². The summed E-state index contributed by atoms with van der Waals surface area (Å²) in [6.45, 7) is 12.8. The number of pyridine rings is 1. The summed E-state index contributed by atoms with van der Waals surface area (Å²) in [7, 11) is 0. The first-order valence-corrected chi connectivity index (χ1v) is 7.91. The zero-order chi connectivity index (χ0) is 15.4. The summed E-state index contributed by atoms with van der Waals surface area (Å²) in [6, 6.07) is 9.52. The molecular weight excluding hydrogens is 258 g/mol. The Bertz CT molecular complexity index is 590. The second-order valence-electron chi connectivity index (χ2n) is 6.07. The third-order valence-corrected chi connectivity index (χ3v) is 3.79. The van der Waals surface area contributed by atoms with Crippen molar-refractivity contribution in [2.75, 3.05) is 11.4 Å². The van der Waals surface area contributed by atoms with Gasteiger partial charge in [0.1, 0.15) is 5.82 Å². The van der Waals surface area contributed by atoms with Gasteiger partial charge in [-0.2, -0.15) is 0 Å². The molecular formula is C18H27N3. The maximum atomic E-state index is 4.76. The lowest BCUT2D eigenvalue weighted by atomic mass is 10.1. The summed E-state index contributed by atoms with van der Waals surface area (Å²) in [5.74, 6) is 1.09. The SMILES string of the molecule is CCN(c1ncc(CNC(C)C)c2ccccc12)C(C)C. The third-order valence-electron chi connectivity index (χ3n) is 3.79. The van der Waals surface area contributed by atoms with Gasteiger partial charge in [-0.1, -0.05) is 38.1 Å². The third kappa shape index (κ3) is 3.53. The average Bonchev–Trinajstić information content (AvgIpc) is 2.46. The predicted octanol–water partition coefficient (Wildman–Crippen LogP) is 3.97. The van der Waals surface area contributed by atoms with Gasteiger partial charge in [-0.25, -0.2) is 4.98 Å². The van der Waals surface area contributed by atoms with E-state index in [1.54, 1.807) is 0 Å². The molecule has 114 valence electrons. The van der Waals surface area contributed by atoms with Crippen LogP contribution in [0.25, 0.3) is 10.8 Å². The monoisotopic (exact) mass is 285 g/mol. The Hall–Kier alpha value is -1.61. The fraction of sp³-hybridized carbons (Fsp3) is 0.500. The molecule has 1 aromatic carbocycles. The lowest BCUT2D eigenvalue weighted by Gasteiger charge is -2.28. The molecule has 0 amide bonds. The summed E-state index contributed by atoms with van der Waals surface area (Å²) < 4.78 is 0. The molecule has 0 atom stereocenters. The number of hydrogen-bond donors (Lipinski definition) is 1. The summed E-state index contributed by atoms with van der Waals surface area (Å²) in [4.78, 5) is 7.11. The van der Waals surface area contributed by atoms with Crippen molar-refractivity contribution in [3.63, 3.8) is 0 Å². The summed E-state index contributed by atoms with van der Waals surface area (Å²) in [5.41, 5.74) is 1.27. The van der Waals surface area contributed by atoms with Crippen molar-refractivity contribution in [2.24, 2.45) is 0 Å². The molecule has 3 heteroatoms. The highest BCUT2D eigenvalue weighted by Crippen LogP contribution is 2.28. The number of rotatable bonds is 6. The van der Waals surface area contributed by atoms with Crippen molar-refractivity contribution in [1.82, 2.24) is 10.3 Å². The second kappa shape index (κ2) is 6.90. The topological polar surface area (TPSA) is 28.2 Å². The van der Waals surface area contributed by atoms with Crippen LogP contribution in [0, 0.1) is 0 Å². The first-order valence-electron chi connectivity index (χ1n) is 7.91. The van der Waals surface area contributed by atoms with Crippen LogP contribution in [0.4, 0.5) is 5.82 Å². The van der Waals surface area contributed by atoms with Gasteiger partial charge in [0.15, 0.2) is 0 Å². The van der Waals surface area contributed by atoms with Crippen molar-refractivity contribution in [3.8, 4) is 0 Å². The van der Waals surface area contributed by atoms with Gasteiger partial charge in [-0.15, -0.1) is 0 Å². The lowest BCUT2D eigenvalue weighted by Crippen LogP contribution is -2.31. The fourth-order valence-electron chi connectivity index (χ4n) is 2.68. The molecule has 0 unspecified atom stereocenters. The quantitative estimate of drug-likeness (QED) is 0.870. The van der Waals surface area contributed by atoms with Crippen molar-refractivity contribution >= 4 is 16.6 Å². The highest BCUT2D eigenvalue weighted by atomic mass is 15.2. The molecule has 0 radical (unpaired) electrons. The largest absolute Gasteiger partial charge is 0.354 e. The van der Waals surface area contributed by atoms with Crippen LogP contribution >= 0.6 is 0 Å². The number of anilines is 1. The van der Waals surface area contributed by atoms with Gasteiger partial charge >= 0.3 is 0 Å². The molecule has 0 fully saturated rings. The zero-order valence-corrected chi connectivity index (χ0v) is 13.9. The molecule has 1 aromatic heterocycles. The van der Waals surface area contributed by atoms with E-state index >= 15 is 0 Å². The minimum Gasteiger partial charge on any atom is -0.354 e. The molecule has 0 aliphatic rings. The molecule has 0 bridgehead atoms. The number of aromatic nitrogens is 1. The molecule has 0 aliphatic carbocycles. The van der Waals surface area contributed by atoms with Gasteiger partial charge in [0.2, 0.25) is 0 Å². The van der Waals surface area contributed by atoms with Crippen molar-refractivity contribution in [3.05, 3.63) is 36.0 Å². The van der Waals surface area contributed by atoms with E-state index in [9.17, 15) is 0 Å². The highest BCUT2D eigenvalue weighted by molar-refractivity contribution is 5.94. The smallest absolute Gasteiger partial charge is 0.136 e. The fourth-order valence-corrected chi connectivity index (χ4v) is 2.68. The number of benzene rings is 1. The minimum atomic E-state index is 0.450. The molecule has 1 heterocycles. The first-order chi connectivity index (χ1) is 10.0. The Morgan fingerprint density at radius 3 is 2.33 bits per heavy atom. The van der Waals surface area contributed by atoms with E-state index in [2.05, 4.69) is 69.1 Å². The number of hydrogen-bond acceptors (Lipinski definition) is 3. The normalized spacial score (nSPS) is 11.6. The standard InChI is InChI=1S/C18H27N3/c1-6-21(14(4)5)18-17-10-8-7-9-16(17)15(12-20-18)11-19-13(2)3/h7-10,12-14,19H,6,11H2,1-5H3. The van der Waals surface area contributed by atoms with E-state index in [1.807, 2.05) is 6.20 Å². The summed E-state index contributed by atoms with van der Waals surface area (Å²) in [6.07, 6.45) is 2.03. The molecule has 3 nitrogen and oxygen atoms in total. The summed E-state index contributed by atoms with van der Waals surface area (Å²) >= 11 is 0. The van der Waals surface area contributed by atoms with Crippen molar-refractivity contribution < 1.29 is 0 Å². The van der Waals surface area contributed by atoms with Gasteiger partial charge in [-0.3, -0.25) is 0 Å². The first kappa shape index (κ1) is 15.8. The van der Waals surface area contributed by atoms with E-state index in [0.717, 1.165) is 18.9 Å².